The van der Waals surface area contributed by atoms with E-state index in [1.54, 1.807) is 0 Å². The number of benzene rings is 1. The van der Waals surface area contributed by atoms with Crippen LogP contribution in [0.4, 0.5) is 0 Å². The van der Waals surface area contributed by atoms with E-state index in [1.807, 2.05) is 0 Å². The molecule has 1 N–H and O–H groups in total. The summed E-state index contributed by atoms with van der Waals surface area (Å²) in [6.07, 6.45) is 3.18. The maximum absolute atomic E-state index is 13.0. The minimum Gasteiger partial charge on any atom is -0.341 e. The van der Waals surface area contributed by atoms with Crippen LogP contribution < -0.4 is 5.32 Å². The molecular weight excluding hydrogens is 395 g/mol. The van der Waals surface area contributed by atoms with E-state index in [9.17, 15) is 4.79 Å². The standard InChI is InChI=1S/C21H32N4O.2ClH/c26-21(25-13-8-20(17-25)24-14-9-22-10-15-24)19-6-11-23(12-7-19)16-18-4-2-1-3-5-18;;/h1-5,19-20,22H,6-17H2;2*1H. The predicted octanol–water partition coefficient (Wildman–Crippen LogP) is 2.25. The highest BCUT2D eigenvalue weighted by molar-refractivity contribution is 5.85. The van der Waals surface area contributed by atoms with Crippen molar-refractivity contribution < 1.29 is 4.79 Å². The molecule has 158 valence electrons. The van der Waals surface area contributed by atoms with Crippen LogP contribution in [0.5, 0.6) is 0 Å². The lowest BCUT2D eigenvalue weighted by Gasteiger charge is -2.34. The van der Waals surface area contributed by atoms with Gasteiger partial charge in [-0.25, -0.2) is 0 Å². The zero-order chi connectivity index (χ0) is 17.8. The Labute approximate surface area is 181 Å². The molecule has 4 rings (SSSR count). The third-order valence-electron chi connectivity index (χ3n) is 6.33. The van der Waals surface area contributed by atoms with Gasteiger partial charge in [0.15, 0.2) is 0 Å². The lowest BCUT2D eigenvalue weighted by Crippen LogP contribution is -2.50. The highest BCUT2D eigenvalue weighted by atomic mass is 35.5. The van der Waals surface area contributed by atoms with Crippen molar-refractivity contribution in [1.29, 1.82) is 0 Å². The summed E-state index contributed by atoms with van der Waals surface area (Å²) in [6, 6.07) is 11.2. The second kappa shape index (κ2) is 11.4. The topological polar surface area (TPSA) is 38.8 Å². The normalized spacial score (nSPS) is 24.4. The number of carbonyl (C=O) groups is 1. The molecular formula is C21H34Cl2N4O. The van der Waals surface area contributed by atoms with Crippen LogP contribution in [-0.4, -0.2) is 79.0 Å². The van der Waals surface area contributed by atoms with Gasteiger partial charge in [0.25, 0.3) is 0 Å². The van der Waals surface area contributed by atoms with Crippen molar-refractivity contribution in [3.8, 4) is 0 Å². The van der Waals surface area contributed by atoms with E-state index in [1.165, 1.54) is 5.56 Å². The molecule has 0 aromatic heterocycles. The maximum Gasteiger partial charge on any atom is 0.225 e. The number of amides is 1. The molecule has 3 aliphatic rings. The fourth-order valence-electron chi connectivity index (χ4n) is 4.73. The number of hydrogen-bond acceptors (Lipinski definition) is 4. The Morgan fingerprint density at radius 2 is 1.61 bits per heavy atom. The van der Waals surface area contributed by atoms with E-state index in [-0.39, 0.29) is 30.7 Å². The first-order valence-electron chi connectivity index (χ1n) is 10.3. The molecule has 1 unspecified atom stereocenters. The second-order valence-corrected chi connectivity index (χ2v) is 8.05. The molecule has 1 aromatic rings. The molecule has 1 aromatic carbocycles. The minimum atomic E-state index is 0. The molecule has 5 nitrogen and oxygen atoms in total. The SMILES string of the molecule is Cl.Cl.O=C(C1CCN(Cc2ccccc2)CC1)N1CCC(N2CCNCC2)C1. The van der Waals surface area contributed by atoms with E-state index in [0.717, 1.165) is 78.2 Å². The molecule has 0 saturated carbocycles. The quantitative estimate of drug-likeness (QED) is 0.797. The molecule has 3 aliphatic heterocycles. The number of carbonyl (C=O) groups excluding carboxylic acids is 1. The first kappa shape index (κ1) is 23.4. The van der Waals surface area contributed by atoms with Crippen molar-refractivity contribution in [1.82, 2.24) is 20.0 Å². The zero-order valence-corrected chi connectivity index (χ0v) is 18.2. The number of piperidine rings is 1. The fourth-order valence-corrected chi connectivity index (χ4v) is 4.73. The molecule has 0 radical (unpaired) electrons. The Hall–Kier alpha value is -0.850. The van der Waals surface area contributed by atoms with E-state index in [0.29, 0.717) is 11.9 Å². The van der Waals surface area contributed by atoms with Crippen molar-refractivity contribution in [3.63, 3.8) is 0 Å². The highest BCUT2D eigenvalue weighted by Crippen LogP contribution is 2.24. The van der Waals surface area contributed by atoms with Crippen LogP contribution in [0.25, 0.3) is 0 Å². The first-order chi connectivity index (χ1) is 12.8. The summed E-state index contributed by atoms with van der Waals surface area (Å²) >= 11 is 0. The fraction of sp³-hybridized carbons (Fsp3) is 0.667. The van der Waals surface area contributed by atoms with Gasteiger partial charge in [-0.1, -0.05) is 30.3 Å². The van der Waals surface area contributed by atoms with Gasteiger partial charge in [-0.05, 0) is 37.9 Å². The van der Waals surface area contributed by atoms with E-state index in [4.69, 9.17) is 0 Å². The Balaban J connectivity index is 0.00000140. The average molecular weight is 429 g/mol. The highest BCUT2D eigenvalue weighted by Gasteiger charge is 2.35. The largest absolute Gasteiger partial charge is 0.341 e. The van der Waals surface area contributed by atoms with Crippen molar-refractivity contribution in [2.75, 3.05) is 52.4 Å². The van der Waals surface area contributed by atoms with Crippen LogP contribution in [0.15, 0.2) is 30.3 Å². The Bertz CT molecular complexity index is 589. The molecule has 7 heteroatoms. The van der Waals surface area contributed by atoms with Gasteiger partial charge >= 0.3 is 0 Å². The van der Waals surface area contributed by atoms with E-state index < -0.39 is 0 Å². The van der Waals surface area contributed by atoms with Crippen molar-refractivity contribution in [3.05, 3.63) is 35.9 Å². The third kappa shape index (κ3) is 5.83. The first-order valence-corrected chi connectivity index (χ1v) is 10.3. The van der Waals surface area contributed by atoms with Crippen LogP contribution in [-0.2, 0) is 11.3 Å². The summed E-state index contributed by atoms with van der Waals surface area (Å²) in [7, 11) is 0. The monoisotopic (exact) mass is 428 g/mol. The molecule has 1 atom stereocenters. The molecule has 28 heavy (non-hydrogen) atoms. The molecule has 3 heterocycles. The molecule has 3 saturated heterocycles. The lowest BCUT2D eigenvalue weighted by molar-refractivity contribution is -0.136. The summed E-state index contributed by atoms with van der Waals surface area (Å²) in [4.78, 5) is 20.2. The number of nitrogens with one attached hydrogen (secondary N) is 1. The minimum absolute atomic E-state index is 0. The van der Waals surface area contributed by atoms with Gasteiger partial charge in [-0.3, -0.25) is 14.6 Å². The van der Waals surface area contributed by atoms with Gasteiger partial charge in [0.2, 0.25) is 5.91 Å². The summed E-state index contributed by atoms with van der Waals surface area (Å²) in [5.74, 6) is 0.658. The number of rotatable bonds is 4. The van der Waals surface area contributed by atoms with Crippen molar-refractivity contribution >= 4 is 30.7 Å². The van der Waals surface area contributed by atoms with Gasteiger partial charge in [0.1, 0.15) is 0 Å². The number of hydrogen-bond donors (Lipinski definition) is 1. The second-order valence-electron chi connectivity index (χ2n) is 8.05. The number of nitrogens with zero attached hydrogens (tertiary/aromatic N) is 3. The predicted molar refractivity (Wildman–Crippen MR) is 118 cm³/mol. The Morgan fingerprint density at radius 3 is 2.29 bits per heavy atom. The smallest absolute Gasteiger partial charge is 0.225 e. The summed E-state index contributed by atoms with van der Waals surface area (Å²) in [5.41, 5.74) is 1.37. The number of piperazine rings is 1. The van der Waals surface area contributed by atoms with Crippen LogP contribution in [0.3, 0.4) is 0 Å². The Kier molecular flexibility index (Phi) is 9.51. The lowest BCUT2D eigenvalue weighted by atomic mass is 9.95. The van der Waals surface area contributed by atoms with E-state index >= 15 is 0 Å². The molecule has 3 fully saturated rings. The summed E-state index contributed by atoms with van der Waals surface area (Å²) in [6.45, 7) is 9.43. The Morgan fingerprint density at radius 1 is 0.929 bits per heavy atom. The maximum atomic E-state index is 13.0. The third-order valence-corrected chi connectivity index (χ3v) is 6.33. The van der Waals surface area contributed by atoms with Gasteiger partial charge in [0.05, 0.1) is 0 Å². The van der Waals surface area contributed by atoms with Crippen molar-refractivity contribution in [2.45, 2.75) is 31.8 Å². The summed E-state index contributed by atoms with van der Waals surface area (Å²) in [5, 5.41) is 3.42. The average Bonchev–Trinajstić information content (AvgIpc) is 3.20. The summed E-state index contributed by atoms with van der Waals surface area (Å²) < 4.78 is 0. The van der Waals surface area contributed by atoms with Crippen molar-refractivity contribution in [2.24, 2.45) is 5.92 Å². The van der Waals surface area contributed by atoms with Gasteiger partial charge < -0.3 is 10.2 Å². The van der Waals surface area contributed by atoms with Crippen LogP contribution >= 0.6 is 24.8 Å². The van der Waals surface area contributed by atoms with Gasteiger partial charge in [-0.2, -0.15) is 0 Å². The number of halogens is 2. The van der Waals surface area contributed by atoms with Gasteiger partial charge in [0, 0.05) is 57.8 Å². The molecule has 0 aliphatic carbocycles. The zero-order valence-electron chi connectivity index (χ0n) is 16.6. The van der Waals surface area contributed by atoms with Gasteiger partial charge in [-0.15, -0.1) is 24.8 Å². The molecule has 0 spiro atoms. The van der Waals surface area contributed by atoms with E-state index in [2.05, 4.69) is 50.3 Å². The van der Waals surface area contributed by atoms with Crippen LogP contribution in [0.1, 0.15) is 24.8 Å². The molecule has 0 bridgehead atoms. The van der Waals surface area contributed by atoms with Crippen LogP contribution in [0.2, 0.25) is 0 Å². The molecule has 1 amide bonds. The van der Waals surface area contributed by atoms with Crippen LogP contribution in [0, 0.1) is 5.92 Å². The number of likely N-dealkylation sites (tertiary alicyclic amines) is 2.